The minimum Gasteiger partial charge on any atom is -0.497 e. The van der Waals surface area contributed by atoms with Crippen molar-refractivity contribution in [2.75, 3.05) is 7.11 Å². The summed E-state index contributed by atoms with van der Waals surface area (Å²) in [5.74, 6) is 0.890. The molecule has 0 atom stereocenters. The van der Waals surface area contributed by atoms with Crippen molar-refractivity contribution in [1.82, 2.24) is 9.55 Å². The first-order valence-electron chi connectivity index (χ1n) is 6.73. The molecular weight excluding hydrogens is 284 g/mol. The molecule has 0 aliphatic heterocycles. The smallest absolute Gasteiger partial charge is 0.118 e. The molecule has 2 heterocycles. The van der Waals surface area contributed by atoms with E-state index < -0.39 is 0 Å². The van der Waals surface area contributed by atoms with Gasteiger partial charge < -0.3 is 9.30 Å². The van der Waals surface area contributed by atoms with Gasteiger partial charge in [-0.25, -0.2) is 0 Å². The normalized spacial score (nSPS) is 10.4. The Bertz CT molecular complexity index is 747. The number of aromatic nitrogens is 2. The van der Waals surface area contributed by atoms with E-state index in [-0.39, 0.29) is 12.4 Å². The molecule has 3 aromatic rings. The topological polar surface area (TPSA) is 27.1 Å². The minimum absolute atomic E-state index is 0. The summed E-state index contributed by atoms with van der Waals surface area (Å²) in [6, 6.07) is 10.3. The average Bonchev–Trinajstić information content (AvgIpc) is 2.74. The van der Waals surface area contributed by atoms with Gasteiger partial charge in [-0.15, -0.1) is 12.4 Å². The molecule has 0 saturated heterocycles. The Labute approximate surface area is 131 Å². The van der Waals surface area contributed by atoms with E-state index in [4.69, 9.17) is 4.74 Å². The Kier molecular flexibility index (Phi) is 4.53. The number of methoxy groups -OCH3 is 1. The van der Waals surface area contributed by atoms with Crippen LogP contribution in [-0.4, -0.2) is 16.7 Å². The maximum absolute atomic E-state index is 5.20. The van der Waals surface area contributed by atoms with Crippen molar-refractivity contribution >= 4 is 23.3 Å². The monoisotopic (exact) mass is 302 g/mol. The number of ether oxygens (including phenoxy) is 1. The van der Waals surface area contributed by atoms with E-state index in [1.54, 1.807) is 7.11 Å². The first-order chi connectivity index (χ1) is 9.70. The van der Waals surface area contributed by atoms with Crippen molar-refractivity contribution in [3.8, 4) is 5.75 Å². The molecule has 0 spiro atoms. The molecule has 0 aliphatic carbocycles. The third-order valence-electron chi connectivity index (χ3n) is 3.94. The Morgan fingerprint density at radius 3 is 2.48 bits per heavy atom. The predicted molar refractivity (Wildman–Crippen MR) is 88.6 cm³/mol. The minimum atomic E-state index is 0. The van der Waals surface area contributed by atoms with Crippen LogP contribution in [0.3, 0.4) is 0 Å². The zero-order valence-electron chi connectivity index (χ0n) is 12.5. The summed E-state index contributed by atoms with van der Waals surface area (Å²) < 4.78 is 7.52. The van der Waals surface area contributed by atoms with Crippen LogP contribution >= 0.6 is 12.4 Å². The highest BCUT2D eigenvalue weighted by Crippen LogP contribution is 2.25. The fourth-order valence-electron chi connectivity index (χ4n) is 2.61. The number of aryl methyl sites for hydroxylation is 1. The van der Waals surface area contributed by atoms with Crippen LogP contribution in [0.5, 0.6) is 5.75 Å². The summed E-state index contributed by atoms with van der Waals surface area (Å²) in [6.07, 6.45) is 3.80. The standard InChI is InChI=1S/C17H18N2O.ClH/c1-12-13(2)19(17-10-18-9-8-16(12)17)11-14-4-6-15(20-3)7-5-14;/h4-10H,11H2,1-3H3;1H. The number of halogens is 1. The Hall–Kier alpha value is -2.00. The summed E-state index contributed by atoms with van der Waals surface area (Å²) in [5, 5.41) is 1.28. The summed E-state index contributed by atoms with van der Waals surface area (Å²) in [7, 11) is 1.69. The number of rotatable bonds is 3. The average molecular weight is 303 g/mol. The molecule has 3 rings (SSSR count). The number of hydrogen-bond acceptors (Lipinski definition) is 2. The van der Waals surface area contributed by atoms with E-state index in [2.05, 4.69) is 41.6 Å². The molecule has 2 aromatic heterocycles. The summed E-state index contributed by atoms with van der Waals surface area (Å²) >= 11 is 0. The van der Waals surface area contributed by atoms with E-state index in [0.29, 0.717) is 0 Å². The van der Waals surface area contributed by atoms with Crippen molar-refractivity contribution in [3.05, 3.63) is 59.5 Å². The van der Waals surface area contributed by atoms with Crippen molar-refractivity contribution in [2.24, 2.45) is 0 Å². The molecule has 110 valence electrons. The van der Waals surface area contributed by atoms with Gasteiger partial charge in [0.1, 0.15) is 5.75 Å². The van der Waals surface area contributed by atoms with Crippen molar-refractivity contribution in [1.29, 1.82) is 0 Å². The molecule has 4 heteroatoms. The molecular formula is C17H19ClN2O. The van der Waals surface area contributed by atoms with Gasteiger partial charge in [-0.2, -0.15) is 0 Å². The zero-order chi connectivity index (χ0) is 14.1. The van der Waals surface area contributed by atoms with Crippen molar-refractivity contribution in [3.63, 3.8) is 0 Å². The molecule has 0 fully saturated rings. The summed E-state index contributed by atoms with van der Waals surface area (Å²) in [6.45, 7) is 5.19. The lowest BCUT2D eigenvalue weighted by molar-refractivity contribution is 0.414. The Morgan fingerprint density at radius 2 is 1.81 bits per heavy atom. The van der Waals surface area contributed by atoms with E-state index in [1.807, 2.05) is 24.5 Å². The molecule has 0 N–H and O–H groups in total. The highest BCUT2D eigenvalue weighted by atomic mass is 35.5. The molecule has 0 aliphatic rings. The Balaban J connectivity index is 0.00000161. The van der Waals surface area contributed by atoms with Crippen molar-refractivity contribution < 1.29 is 4.74 Å². The highest BCUT2D eigenvalue weighted by molar-refractivity contribution is 5.85. The largest absolute Gasteiger partial charge is 0.497 e. The van der Waals surface area contributed by atoms with Crippen molar-refractivity contribution in [2.45, 2.75) is 20.4 Å². The second-order valence-corrected chi connectivity index (χ2v) is 5.04. The number of nitrogens with zero attached hydrogens (tertiary/aromatic N) is 2. The second-order valence-electron chi connectivity index (χ2n) is 5.04. The van der Waals surface area contributed by atoms with Gasteiger partial charge in [-0.05, 0) is 43.2 Å². The van der Waals surface area contributed by atoms with Crippen LogP contribution in [0.25, 0.3) is 10.9 Å². The van der Waals surface area contributed by atoms with Crippen LogP contribution < -0.4 is 4.74 Å². The first-order valence-corrected chi connectivity index (χ1v) is 6.73. The highest BCUT2D eigenvalue weighted by Gasteiger charge is 2.10. The quantitative estimate of drug-likeness (QED) is 0.727. The molecule has 3 nitrogen and oxygen atoms in total. The van der Waals surface area contributed by atoms with Gasteiger partial charge in [-0.1, -0.05) is 12.1 Å². The lowest BCUT2D eigenvalue weighted by atomic mass is 10.2. The van der Waals surface area contributed by atoms with E-state index in [1.165, 1.54) is 27.7 Å². The zero-order valence-corrected chi connectivity index (χ0v) is 13.3. The van der Waals surface area contributed by atoms with Crippen LogP contribution in [0.2, 0.25) is 0 Å². The van der Waals surface area contributed by atoms with Gasteiger partial charge in [0, 0.05) is 23.8 Å². The predicted octanol–water partition coefficient (Wildman–Crippen LogP) is 4.13. The van der Waals surface area contributed by atoms with Crippen LogP contribution in [0, 0.1) is 13.8 Å². The molecule has 0 amide bonds. The number of benzene rings is 1. The Morgan fingerprint density at radius 1 is 1.10 bits per heavy atom. The van der Waals surface area contributed by atoms with Gasteiger partial charge in [0.15, 0.2) is 0 Å². The van der Waals surface area contributed by atoms with Crippen LogP contribution in [0.15, 0.2) is 42.7 Å². The van der Waals surface area contributed by atoms with Gasteiger partial charge in [0.25, 0.3) is 0 Å². The van der Waals surface area contributed by atoms with E-state index in [0.717, 1.165) is 12.3 Å². The molecule has 21 heavy (non-hydrogen) atoms. The number of hydrogen-bond donors (Lipinski definition) is 0. The third kappa shape index (κ3) is 2.74. The maximum atomic E-state index is 5.20. The van der Waals surface area contributed by atoms with Crippen LogP contribution in [0.4, 0.5) is 0 Å². The lowest BCUT2D eigenvalue weighted by Crippen LogP contribution is -2.02. The number of fused-ring (bicyclic) bond motifs is 1. The third-order valence-corrected chi connectivity index (χ3v) is 3.94. The lowest BCUT2D eigenvalue weighted by Gasteiger charge is -2.09. The molecule has 1 aromatic carbocycles. The summed E-state index contributed by atoms with van der Waals surface area (Å²) in [4.78, 5) is 4.26. The molecule has 0 saturated carbocycles. The SMILES string of the molecule is COc1ccc(Cn2c(C)c(C)c3ccncc32)cc1.Cl. The maximum Gasteiger partial charge on any atom is 0.118 e. The first kappa shape index (κ1) is 15.4. The fourth-order valence-corrected chi connectivity index (χ4v) is 2.61. The van der Waals surface area contributed by atoms with Gasteiger partial charge in [-0.3, -0.25) is 4.98 Å². The molecule has 0 unspecified atom stereocenters. The molecule has 0 bridgehead atoms. The fraction of sp³-hybridized carbons (Fsp3) is 0.235. The van der Waals surface area contributed by atoms with E-state index >= 15 is 0 Å². The second kappa shape index (κ2) is 6.19. The summed E-state index contributed by atoms with van der Waals surface area (Å²) in [5.41, 5.74) is 5.08. The van der Waals surface area contributed by atoms with Crippen LogP contribution in [0.1, 0.15) is 16.8 Å². The van der Waals surface area contributed by atoms with Gasteiger partial charge in [0.2, 0.25) is 0 Å². The van der Waals surface area contributed by atoms with Gasteiger partial charge >= 0.3 is 0 Å². The molecule has 0 radical (unpaired) electrons. The van der Waals surface area contributed by atoms with E-state index in [9.17, 15) is 0 Å². The van der Waals surface area contributed by atoms with Crippen LogP contribution in [-0.2, 0) is 6.54 Å². The number of pyridine rings is 1. The van der Waals surface area contributed by atoms with Gasteiger partial charge in [0.05, 0.1) is 18.8 Å².